The summed E-state index contributed by atoms with van der Waals surface area (Å²) in [5.74, 6) is -0.0874. The van der Waals surface area contributed by atoms with E-state index in [2.05, 4.69) is 21.3 Å². The molecule has 2 aromatic rings. The average Bonchev–Trinajstić information content (AvgIpc) is 3.56. The molecule has 0 spiro atoms. The smallest absolute Gasteiger partial charge is 0.257 e. The third-order valence-electron chi connectivity index (χ3n) is 8.55. The van der Waals surface area contributed by atoms with E-state index in [0.29, 0.717) is 74.6 Å². The molecule has 14 nitrogen and oxygen atoms in total. The van der Waals surface area contributed by atoms with Gasteiger partial charge in [0.2, 0.25) is 30.4 Å². The number of hydrogen-bond donors (Lipinski definition) is 5. The average molecular weight is 710 g/mol. The van der Waals surface area contributed by atoms with Gasteiger partial charge in [0, 0.05) is 32.6 Å². The lowest BCUT2D eigenvalue weighted by molar-refractivity contribution is -0.134. The largest absolute Gasteiger partial charge is 0.484 e. The Morgan fingerprint density at radius 2 is 1.63 bits per heavy atom. The van der Waals surface area contributed by atoms with Crippen LogP contribution in [0, 0.1) is 5.92 Å². The van der Waals surface area contributed by atoms with E-state index < -0.39 is 35.9 Å². The van der Waals surface area contributed by atoms with Gasteiger partial charge in [0.15, 0.2) is 18.1 Å². The van der Waals surface area contributed by atoms with Crippen LogP contribution >= 0.6 is 0 Å². The molecule has 0 fully saturated rings. The molecule has 14 heteroatoms. The molecule has 5 amide bonds. The lowest BCUT2D eigenvalue weighted by Gasteiger charge is -2.26. The van der Waals surface area contributed by atoms with Crippen LogP contribution in [-0.4, -0.2) is 97.3 Å². The second-order valence-electron chi connectivity index (χ2n) is 13.4. The van der Waals surface area contributed by atoms with E-state index in [-0.39, 0.29) is 50.5 Å². The topological polar surface area (TPSA) is 185 Å². The number of benzene rings is 2. The molecule has 278 valence electrons. The lowest BCUT2D eigenvalue weighted by Crippen LogP contribution is -2.57. The number of carbonyl (C=O) groups is 5. The Hall–Kier alpha value is -4.85. The van der Waals surface area contributed by atoms with Crippen LogP contribution < -0.4 is 35.5 Å². The molecule has 2 bridgehead atoms. The van der Waals surface area contributed by atoms with Crippen LogP contribution in [0.5, 0.6) is 17.2 Å². The van der Waals surface area contributed by atoms with Gasteiger partial charge in [-0.2, -0.15) is 0 Å². The van der Waals surface area contributed by atoms with Gasteiger partial charge < -0.3 is 45.5 Å². The minimum Gasteiger partial charge on any atom is -0.484 e. The number of nitrogens with one attached hydrogen (secondary N) is 4. The van der Waals surface area contributed by atoms with Crippen LogP contribution in [0.25, 0.3) is 0 Å². The number of carbonyl (C=O) groups excluding carboxylic acids is 5. The molecular weight excluding hydrogens is 658 g/mol. The van der Waals surface area contributed by atoms with Gasteiger partial charge >= 0.3 is 0 Å². The zero-order valence-electron chi connectivity index (χ0n) is 29.7. The first-order valence-corrected chi connectivity index (χ1v) is 17.7. The Kier molecular flexibility index (Phi) is 14.9. The second kappa shape index (κ2) is 19.5. The predicted octanol–water partition coefficient (Wildman–Crippen LogP) is 1.61. The molecule has 3 atom stereocenters. The maximum atomic E-state index is 13.4. The fourth-order valence-corrected chi connectivity index (χ4v) is 5.85. The van der Waals surface area contributed by atoms with Crippen molar-refractivity contribution in [2.24, 2.45) is 5.92 Å². The molecular formula is C37H51N5O9. The van der Waals surface area contributed by atoms with E-state index in [1.165, 1.54) is 6.92 Å². The van der Waals surface area contributed by atoms with Crippen molar-refractivity contribution in [2.45, 2.75) is 83.9 Å². The second-order valence-corrected chi connectivity index (χ2v) is 13.4. The van der Waals surface area contributed by atoms with Crippen LogP contribution in [-0.2, 0) is 36.8 Å². The Bertz CT molecular complexity index is 1520. The van der Waals surface area contributed by atoms with Crippen LogP contribution in [0.2, 0.25) is 0 Å². The summed E-state index contributed by atoms with van der Waals surface area (Å²) in [7, 11) is 0. The van der Waals surface area contributed by atoms with E-state index in [4.69, 9.17) is 14.2 Å². The summed E-state index contributed by atoms with van der Waals surface area (Å²) in [5, 5.41) is 21.4. The van der Waals surface area contributed by atoms with Crippen LogP contribution in [0.3, 0.4) is 0 Å². The fourth-order valence-electron chi connectivity index (χ4n) is 5.85. The zero-order valence-corrected chi connectivity index (χ0v) is 29.7. The molecule has 2 aliphatic heterocycles. The minimum absolute atomic E-state index is 0.0346. The van der Waals surface area contributed by atoms with Crippen molar-refractivity contribution in [3.63, 3.8) is 0 Å². The Morgan fingerprint density at radius 1 is 0.863 bits per heavy atom. The quantitative estimate of drug-likeness (QED) is 0.297. The van der Waals surface area contributed by atoms with Gasteiger partial charge in [0.1, 0.15) is 17.8 Å². The van der Waals surface area contributed by atoms with Crippen LogP contribution in [0.4, 0.5) is 0 Å². The molecule has 0 unspecified atom stereocenters. The highest BCUT2D eigenvalue weighted by atomic mass is 16.7. The first kappa shape index (κ1) is 38.9. The molecule has 4 rings (SSSR count). The predicted molar refractivity (Wildman–Crippen MR) is 188 cm³/mol. The number of amides is 5. The molecule has 0 saturated carbocycles. The van der Waals surface area contributed by atoms with E-state index in [9.17, 15) is 29.1 Å². The van der Waals surface area contributed by atoms with Crippen LogP contribution in [0.15, 0.2) is 42.5 Å². The molecule has 51 heavy (non-hydrogen) atoms. The minimum atomic E-state index is -1.23. The zero-order chi connectivity index (χ0) is 36.8. The van der Waals surface area contributed by atoms with E-state index in [1.54, 1.807) is 29.2 Å². The number of aryl methyl sites for hydroxylation is 1. The van der Waals surface area contributed by atoms with E-state index in [1.807, 2.05) is 32.0 Å². The van der Waals surface area contributed by atoms with Gasteiger partial charge in [-0.15, -0.1) is 0 Å². The van der Waals surface area contributed by atoms with Crippen molar-refractivity contribution in [1.82, 2.24) is 26.2 Å². The Balaban J connectivity index is 1.43. The SMILES string of the molecule is CC(C)C[C@H]1NC(=O)Cc2cccc(c2)OCC(=O)NCCCN(C(=O)CCc2ccc3c(c2)OCO3)CCCCNC(=O)[C@H]([C@@H](C)O)NC1=O. The van der Waals surface area contributed by atoms with Crippen molar-refractivity contribution in [2.75, 3.05) is 39.6 Å². The number of nitrogens with zero attached hydrogens (tertiary/aromatic N) is 1. The summed E-state index contributed by atoms with van der Waals surface area (Å²) >= 11 is 0. The molecule has 0 aliphatic carbocycles. The van der Waals surface area contributed by atoms with Gasteiger partial charge in [-0.1, -0.05) is 32.0 Å². The summed E-state index contributed by atoms with van der Waals surface area (Å²) in [5.41, 5.74) is 1.57. The van der Waals surface area contributed by atoms with Crippen molar-refractivity contribution in [3.8, 4) is 17.2 Å². The first-order chi connectivity index (χ1) is 24.5. The van der Waals surface area contributed by atoms with Gasteiger partial charge in [-0.25, -0.2) is 0 Å². The molecule has 5 N–H and O–H groups in total. The number of ether oxygens (including phenoxy) is 3. The fraction of sp³-hybridized carbons (Fsp3) is 0.541. The summed E-state index contributed by atoms with van der Waals surface area (Å²) in [6, 6.07) is 10.3. The van der Waals surface area contributed by atoms with Gasteiger partial charge in [0.25, 0.3) is 5.91 Å². The standard InChI is InChI=1S/C37H51N5O9/c1-24(2)18-29-36(47)41-35(25(3)43)37(48)39-14-4-5-16-42(34(46)13-11-26-10-12-30-31(20-26)51-23-50-30)17-7-15-38-33(45)22-49-28-9-6-8-27(19-28)21-32(44)40-29/h6,8-10,12,19-20,24-25,29,35,43H,4-5,7,11,13-18,21-23H2,1-3H3,(H,38,45)(H,39,48)(H,40,44)(H,41,47)/t25-,29-,35+/m1/s1. The maximum Gasteiger partial charge on any atom is 0.257 e. The summed E-state index contributed by atoms with van der Waals surface area (Å²) < 4.78 is 16.5. The highest BCUT2D eigenvalue weighted by molar-refractivity contribution is 5.92. The summed E-state index contributed by atoms with van der Waals surface area (Å²) in [4.78, 5) is 67.1. The molecule has 2 aromatic carbocycles. The Labute approximate surface area is 299 Å². The van der Waals surface area contributed by atoms with Gasteiger partial charge in [-0.05, 0) is 80.3 Å². The Morgan fingerprint density at radius 3 is 2.41 bits per heavy atom. The number of aliphatic hydroxyl groups is 1. The maximum absolute atomic E-state index is 13.4. The normalized spacial score (nSPS) is 20.6. The number of rotatable bonds is 6. The highest BCUT2D eigenvalue weighted by Crippen LogP contribution is 2.32. The third-order valence-corrected chi connectivity index (χ3v) is 8.55. The van der Waals surface area contributed by atoms with Crippen molar-refractivity contribution >= 4 is 29.5 Å². The summed E-state index contributed by atoms with van der Waals surface area (Å²) in [6.45, 7) is 6.66. The van der Waals surface area contributed by atoms with Gasteiger partial charge in [0.05, 0.1) is 12.5 Å². The third kappa shape index (κ3) is 12.8. The number of aliphatic hydroxyl groups excluding tert-OH is 1. The van der Waals surface area contributed by atoms with Crippen LogP contribution in [0.1, 0.15) is 64.0 Å². The number of hydrogen-bond acceptors (Lipinski definition) is 9. The molecule has 0 radical (unpaired) electrons. The highest BCUT2D eigenvalue weighted by Gasteiger charge is 2.30. The molecule has 0 aromatic heterocycles. The first-order valence-electron chi connectivity index (χ1n) is 17.7. The van der Waals surface area contributed by atoms with E-state index >= 15 is 0 Å². The lowest BCUT2D eigenvalue weighted by atomic mass is 10.0. The van der Waals surface area contributed by atoms with Gasteiger partial charge in [-0.3, -0.25) is 24.0 Å². The van der Waals surface area contributed by atoms with Crippen molar-refractivity contribution < 1.29 is 43.3 Å². The summed E-state index contributed by atoms with van der Waals surface area (Å²) in [6.07, 6.45) is 1.53. The van der Waals surface area contributed by atoms with E-state index in [0.717, 1.165) is 5.56 Å². The van der Waals surface area contributed by atoms with Crippen molar-refractivity contribution in [1.29, 1.82) is 0 Å². The monoisotopic (exact) mass is 709 g/mol. The number of fused-ring (bicyclic) bond motifs is 3. The molecule has 0 saturated heterocycles. The molecule has 2 heterocycles. The molecule has 2 aliphatic rings. The van der Waals surface area contributed by atoms with Crippen molar-refractivity contribution in [3.05, 3.63) is 53.6 Å².